The number of H-pyrrole nitrogens is 2. The van der Waals surface area contributed by atoms with Crippen molar-refractivity contribution < 1.29 is 24.1 Å². The van der Waals surface area contributed by atoms with Crippen LogP contribution in [-0.2, 0) is 0 Å². The van der Waals surface area contributed by atoms with E-state index in [-0.39, 0.29) is 28.3 Å². The van der Waals surface area contributed by atoms with Gasteiger partial charge in [0.1, 0.15) is 46.5 Å². The zero-order valence-electron chi connectivity index (χ0n) is 49.1. The number of hydrogen-bond acceptors (Lipinski definition) is 23. The maximum absolute atomic E-state index is 13.7. The number of nitrogens with one attached hydrogen (secondary N) is 6. The Hall–Kier alpha value is -9.47. The number of nitrogens with zero attached hydrogens (tertiary/aromatic N) is 16. The van der Waals surface area contributed by atoms with Gasteiger partial charge in [0.05, 0.1) is 47.8 Å². The predicted molar refractivity (Wildman–Crippen MR) is 323 cm³/mol. The highest BCUT2D eigenvalue weighted by Crippen LogP contribution is 2.36. The monoisotopic (exact) mass is 1170 g/mol. The fourth-order valence-electron chi connectivity index (χ4n) is 10.5. The largest absolute Gasteiger partial charge is 0.507 e. The second kappa shape index (κ2) is 25.8. The molecule has 3 aromatic carbocycles. The first-order valence-corrected chi connectivity index (χ1v) is 28.2. The molecule has 0 aliphatic carbocycles. The number of likely N-dealkylation sites (N-methyl/N-ethyl adjacent to an activating group) is 1. The molecule has 0 radical (unpaired) electrons. The van der Waals surface area contributed by atoms with Crippen molar-refractivity contribution in [2.24, 2.45) is 0 Å². The lowest BCUT2D eigenvalue weighted by Gasteiger charge is -2.25. The van der Waals surface area contributed by atoms with Gasteiger partial charge in [0.25, 0.3) is 0 Å². The first-order valence-electron chi connectivity index (χ1n) is 28.2. The molecule has 3 aliphatic rings. The van der Waals surface area contributed by atoms with Gasteiger partial charge in [-0.05, 0) is 115 Å². The van der Waals surface area contributed by atoms with Crippen molar-refractivity contribution >= 4 is 23.7 Å². The molecule has 0 spiro atoms. The quantitative estimate of drug-likeness (QED) is 0.0560. The molecule has 12 rings (SSSR count). The van der Waals surface area contributed by atoms with E-state index in [0.717, 1.165) is 64.1 Å². The Morgan fingerprint density at radius 3 is 1.20 bits per heavy atom. The topological polar surface area (TPSA) is 318 Å². The van der Waals surface area contributed by atoms with Gasteiger partial charge >= 0.3 is 0 Å². The highest BCUT2D eigenvalue weighted by molar-refractivity contribution is 5.76. The Morgan fingerprint density at radius 2 is 0.860 bits per heavy atom. The van der Waals surface area contributed by atoms with Crippen molar-refractivity contribution in [1.29, 1.82) is 0 Å². The summed E-state index contributed by atoms with van der Waals surface area (Å²) < 4.78 is 27.3. The standard InChI is InChI=1S/2C20H24FN7O.C19H22N8O/c2*1-20(2,3)24-13-6-7-28(11-13)19-22-10-16(25-27-19)14-5-4-12(8-17(14)29)15-9-23-26-18(15)21;1-20-13-5-6-27(10-13)19-22-9-16(25-26-19)14-4-3-12(7-17(14)28)15-8-18(21-2)24-11-23-15/h2*4-5,8-10,13,24,29H,6-7,11H2,1-3H3,(H,23,26);3-4,7-9,11,13,20,28H,5-6,10H2,1-2H3,(H,21,23,24)/t2*13-;/m10./s1. The van der Waals surface area contributed by atoms with Gasteiger partial charge in [0, 0.05) is 104 Å². The number of benzene rings is 3. The minimum atomic E-state index is -0.548. The third kappa shape index (κ3) is 14.5. The van der Waals surface area contributed by atoms with Crippen molar-refractivity contribution in [3.05, 3.63) is 110 Å². The maximum Gasteiger partial charge on any atom is 0.245 e. The van der Waals surface area contributed by atoms with Gasteiger partial charge in [-0.2, -0.15) is 19.0 Å². The number of aromatic amines is 2. The SMILES string of the molecule is CC(C)(C)N[C@@H]1CCN(c2ncc(-c3ccc(-c4cn[nH]c4F)cc3O)nn2)C1.CC(C)(C)N[C@H]1CCN(c2ncc(-c3ccc(-c4cn[nH]c4F)cc3O)nn2)C1.CNc1cc(-c2ccc(-c3cnc(N4CCC(NC)C4)nn3)c(O)c2)ncn1. The maximum atomic E-state index is 13.7. The summed E-state index contributed by atoms with van der Waals surface area (Å²) in [5.74, 6) is 1.42. The molecule has 448 valence electrons. The summed E-state index contributed by atoms with van der Waals surface area (Å²) in [6.07, 6.45) is 12.2. The lowest BCUT2D eigenvalue weighted by atomic mass is 10.0. The van der Waals surface area contributed by atoms with Gasteiger partial charge in [-0.3, -0.25) is 10.2 Å². The van der Waals surface area contributed by atoms with Crippen LogP contribution >= 0.6 is 0 Å². The van der Waals surface area contributed by atoms with Crippen molar-refractivity contribution in [1.82, 2.24) is 91.9 Å². The van der Waals surface area contributed by atoms with Crippen LogP contribution in [0.25, 0.3) is 67.3 Å². The average Bonchev–Trinajstić information content (AvgIpc) is 3.21. The van der Waals surface area contributed by atoms with E-state index >= 15 is 0 Å². The molecule has 6 aromatic heterocycles. The number of halogens is 2. The van der Waals surface area contributed by atoms with Gasteiger partial charge in [-0.25, -0.2) is 24.9 Å². The second-order valence-corrected chi connectivity index (χ2v) is 23.2. The molecule has 86 heavy (non-hydrogen) atoms. The van der Waals surface area contributed by atoms with E-state index in [1.807, 2.05) is 19.2 Å². The van der Waals surface area contributed by atoms with E-state index in [2.05, 4.69) is 153 Å². The highest BCUT2D eigenvalue weighted by atomic mass is 19.1. The first-order chi connectivity index (χ1) is 41.3. The molecule has 0 amide bonds. The number of rotatable bonds is 13. The van der Waals surface area contributed by atoms with Crippen LogP contribution in [-0.4, -0.2) is 174 Å². The molecular weight excluding hydrogens is 1100 g/mol. The zero-order chi connectivity index (χ0) is 60.7. The Kier molecular flexibility index (Phi) is 17.9. The molecule has 1 unspecified atom stereocenters. The lowest BCUT2D eigenvalue weighted by molar-refractivity contribution is 0.372. The molecule has 9 N–H and O–H groups in total. The number of phenols is 3. The smallest absolute Gasteiger partial charge is 0.245 e. The van der Waals surface area contributed by atoms with Gasteiger partial charge in [0.15, 0.2) is 0 Å². The number of hydrogen-bond donors (Lipinski definition) is 9. The molecule has 3 atom stereocenters. The fourth-order valence-corrected chi connectivity index (χ4v) is 10.5. The molecule has 3 aliphatic heterocycles. The third-order valence-electron chi connectivity index (χ3n) is 14.6. The predicted octanol–water partition coefficient (Wildman–Crippen LogP) is 7.02. The summed E-state index contributed by atoms with van der Waals surface area (Å²) in [7, 11) is 3.76. The van der Waals surface area contributed by atoms with E-state index in [1.165, 1.54) is 30.9 Å². The van der Waals surface area contributed by atoms with Gasteiger partial charge in [-0.1, -0.05) is 18.2 Å². The van der Waals surface area contributed by atoms with E-state index in [0.29, 0.717) is 104 Å². The Labute approximate surface area is 495 Å². The summed E-state index contributed by atoms with van der Waals surface area (Å²) in [5, 5.41) is 82.0. The van der Waals surface area contributed by atoms with Crippen molar-refractivity contribution in [2.45, 2.75) is 90.0 Å². The first kappa shape index (κ1) is 59.7. The molecule has 9 heterocycles. The zero-order valence-corrected chi connectivity index (χ0v) is 49.1. The summed E-state index contributed by atoms with van der Waals surface area (Å²) >= 11 is 0. The third-order valence-corrected chi connectivity index (χ3v) is 14.6. The van der Waals surface area contributed by atoms with Crippen molar-refractivity contribution in [2.75, 3.05) is 73.4 Å². The van der Waals surface area contributed by atoms with E-state index in [4.69, 9.17) is 0 Å². The Balaban J connectivity index is 0.000000143. The highest BCUT2D eigenvalue weighted by Gasteiger charge is 2.30. The normalized spacial score (nSPS) is 16.9. The number of anilines is 4. The van der Waals surface area contributed by atoms with Crippen LogP contribution in [0.4, 0.5) is 32.4 Å². The molecule has 9 aromatic rings. The van der Waals surface area contributed by atoms with Gasteiger partial charge in [0.2, 0.25) is 29.7 Å². The van der Waals surface area contributed by atoms with Crippen LogP contribution in [0.1, 0.15) is 60.8 Å². The summed E-state index contributed by atoms with van der Waals surface area (Å²) in [6.45, 7) is 18.1. The second-order valence-electron chi connectivity index (χ2n) is 23.2. The van der Waals surface area contributed by atoms with Crippen LogP contribution in [0, 0.1) is 11.9 Å². The fraction of sp³-hybridized carbons (Fsp3) is 0.373. The number of phenolic OH excluding ortho intramolecular Hbond substituents is 3. The van der Waals surface area contributed by atoms with Crippen LogP contribution in [0.5, 0.6) is 17.2 Å². The van der Waals surface area contributed by atoms with E-state index in [9.17, 15) is 24.1 Å². The van der Waals surface area contributed by atoms with Crippen molar-refractivity contribution in [3.63, 3.8) is 0 Å². The molecule has 25 nitrogen and oxygen atoms in total. The molecule has 0 bridgehead atoms. The van der Waals surface area contributed by atoms with Crippen LogP contribution in [0.2, 0.25) is 0 Å². The molecule has 0 saturated carbocycles. The van der Waals surface area contributed by atoms with E-state index in [1.54, 1.807) is 62.0 Å². The number of aromatic hydroxyl groups is 3. The summed E-state index contributed by atoms with van der Waals surface area (Å²) in [6, 6.07) is 18.1. The summed E-state index contributed by atoms with van der Waals surface area (Å²) in [5.41, 5.74) is 6.22. The van der Waals surface area contributed by atoms with Crippen LogP contribution in [0.3, 0.4) is 0 Å². The van der Waals surface area contributed by atoms with Crippen LogP contribution < -0.4 is 36.0 Å². The summed E-state index contributed by atoms with van der Waals surface area (Å²) in [4.78, 5) is 28.0. The van der Waals surface area contributed by atoms with Gasteiger partial charge in [-0.15, -0.1) is 30.6 Å². The Morgan fingerprint density at radius 1 is 0.465 bits per heavy atom. The Bertz CT molecular complexity index is 3560. The molecular formula is C59H70F2N22O3. The average molecular weight is 1170 g/mol. The minimum absolute atomic E-state index is 0.0254. The van der Waals surface area contributed by atoms with Gasteiger partial charge < -0.3 is 51.3 Å². The molecule has 3 saturated heterocycles. The minimum Gasteiger partial charge on any atom is -0.507 e. The molecule has 3 fully saturated rings. The van der Waals surface area contributed by atoms with Crippen molar-refractivity contribution in [3.8, 4) is 84.5 Å². The van der Waals surface area contributed by atoms with E-state index < -0.39 is 11.9 Å². The number of aromatic nitrogens is 15. The van der Waals surface area contributed by atoms with Crippen LogP contribution in [0.15, 0.2) is 98.0 Å². The molecule has 27 heteroatoms. The lowest BCUT2D eigenvalue weighted by Crippen LogP contribution is -2.45.